The third kappa shape index (κ3) is 4.56. The summed E-state index contributed by atoms with van der Waals surface area (Å²) in [5.74, 6) is 0.460. The summed E-state index contributed by atoms with van der Waals surface area (Å²) < 4.78 is 8.04. The van der Waals surface area contributed by atoms with Crippen molar-refractivity contribution >= 4 is 39.7 Å². The van der Waals surface area contributed by atoms with E-state index in [0.29, 0.717) is 23.9 Å². The fourth-order valence-corrected chi connectivity index (χ4v) is 6.28. The Labute approximate surface area is 233 Å². The predicted molar refractivity (Wildman–Crippen MR) is 158 cm³/mol. The van der Waals surface area contributed by atoms with Crippen LogP contribution in [-0.2, 0) is 0 Å². The van der Waals surface area contributed by atoms with E-state index in [1.165, 1.54) is 25.9 Å². The van der Waals surface area contributed by atoms with E-state index >= 15 is 0 Å². The molecule has 1 aliphatic carbocycles. The van der Waals surface area contributed by atoms with Crippen LogP contribution in [0, 0.1) is 6.92 Å². The number of nitrogens with two attached hydrogens (primary N) is 1. The standard InChI is InChI=1S/C30H35N9O/c1-19-4-3-5-24-27(19)40-30(35-24)34-21-8-6-20(7-9-21)26-25-28(31)32-18-33-29(25)39(36-26)23-12-10-22(11-13-23)38-16-14-37(2)15-17-38/h3-9,18,22-23H,10-17H2,1-2H3,(H,34,35)(H2,31,32,33). The quantitative estimate of drug-likeness (QED) is 0.320. The lowest BCUT2D eigenvalue weighted by atomic mass is 9.90. The molecule has 2 fully saturated rings. The van der Waals surface area contributed by atoms with Gasteiger partial charge in [-0.1, -0.05) is 24.3 Å². The molecule has 2 aliphatic rings. The molecule has 1 aliphatic heterocycles. The van der Waals surface area contributed by atoms with Crippen LogP contribution in [-0.4, -0.2) is 73.8 Å². The van der Waals surface area contributed by atoms with Gasteiger partial charge >= 0.3 is 0 Å². The Bertz CT molecular complexity index is 1640. The Balaban J connectivity index is 1.12. The summed E-state index contributed by atoms with van der Waals surface area (Å²) in [6.07, 6.45) is 6.08. The normalized spacial score (nSPS) is 20.9. The Kier molecular flexibility index (Phi) is 6.36. The number of rotatable bonds is 5. The number of piperazine rings is 1. The highest BCUT2D eigenvalue weighted by Gasteiger charge is 2.30. The summed E-state index contributed by atoms with van der Waals surface area (Å²) in [5.41, 5.74) is 12.6. The lowest BCUT2D eigenvalue weighted by Crippen LogP contribution is -2.49. The summed E-state index contributed by atoms with van der Waals surface area (Å²) in [5, 5.41) is 9.20. The van der Waals surface area contributed by atoms with Crippen LogP contribution in [0.3, 0.4) is 0 Å². The summed E-state index contributed by atoms with van der Waals surface area (Å²) >= 11 is 0. The minimum atomic E-state index is 0.304. The molecule has 0 bridgehead atoms. The van der Waals surface area contributed by atoms with E-state index in [1.54, 1.807) is 6.33 Å². The first kappa shape index (κ1) is 25.0. The summed E-state index contributed by atoms with van der Waals surface area (Å²) in [6, 6.07) is 15.5. The number of likely N-dealkylation sites (N-methyl/N-ethyl adjacent to an activating group) is 1. The maximum atomic E-state index is 6.40. The first-order valence-electron chi connectivity index (χ1n) is 14.2. The fraction of sp³-hybridized carbons (Fsp3) is 0.400. The van der Waals surface area contributed by atoms with Gasteiger partial charge in [-0.2, -0.15) is 10.1 Å². The van der Waals surface area contributed by atoms with Gasteiger partial charge in [-0.15, -0.1) is 0 Å². The molecule has 3 aromatic heterocycles. The predicted octanol–water partition coefficient (Wildman–Crippen LogP) is 5.00. The topological polar surface area (TPSA) is 114 Å². The van der Waals surface area contributed by atoms with Crippen LogP contribution in [0.1, 0.15) is 37.3 Å². The van der Waals surface area contributed by atoms with Gasteiger partial charge in [-0.05, 0) is 63.4 Å². The molecule has 7 rings (SSSR count). The summed E-state index contributed by atoms with van der Waals surface area (Å²) in [4.78, 5) is 18.6. The minimum absolute atomic E-state index is 0.304. The molecule has 0 radical (unpaired) electrons. The van der Waals surface area contributed by atoms with Crippen molar-refractivity contribution in [2.45, 2.75) is 44.7 Å². The number of hydrogen-bond donors (Lipinski definition) is 2. The van der Waals surface area contributed by atoms with Gasteiger partial charge in [0.25, 0.3) is 6.01 Å². The molecule has 3 N–H and O–H groups in total. The third-order valence-corrected chi connectivity index (χ3v) is 8.61. The summed E-state index contributed by atoms with van der Waals surface area (Å²) in [6.45, 7) is 6.67. The van der Waals surface area contributed by atoms with E-state index in [4.69, 9.17) is 15.2 Å². The number of nitrogen functional groups attached to an aromatic ring is 1. The highest BCUT2D eigenvalue weighted by Crippen LogP contribution is 2.37. The fourth-order valence-electron chi connectivity index (χ4n) is 6.28. The average molecular weight is 538 g/mol. The molecule has 1 saturated carbocycles. The van der Waals surface area contributed by atoms with Crippen molar-refractivity contribution in [3.05, 3.63) is 54.4 Å². The Hall–Kier alpha value is -4.02. The SMILES string of the molecule is Cc1cccc2nc(Nc3ccc(-c4nn(C5CCC(N6CCN(C)CC6)CC5)c5ncnc(N)c45)cc3)oc12. The number of oxazole rings is 1. The Morgan fingerprint density at radius 2 is 1.68 bits per heavy atom. The molecule has 40 heavy (non-hydrogen) atoms. The highest BCUT2D eigenvalue weighted by atomic mass is 16.4. The van der Waals surface area contributed by atoms with E-state index in [0.717, 1.165) is 70.6 Å². The smallest absolute Gasteiger partial charge is 0.300 e. The Morgan fingerprint density at radius 3 is 2.42 bits per heavy atom. The average Bonchev–Trinajstić information content (AvgIpc) is 3.57. The molecule has 0 amide bonds. The van der Waals surface area contributed by atoms with Crippen LogP contribution in [0.15, 0.2) is 53.2 Å². The van der Waals surface area contributed by atoms with Crippen molar-refractivity contribution in [3.63, 3.8) is 0 Å². The lowest BCUT2D eigenvalue weighted by molar-refractivity contribution is 0.0815. The molecule has 5 aromatic rings. The van der Waals surface area contributed by atoms with Crippen molar-refractivity contribution in [3.8, 4) is 11.3 Å². The van der Waals surface area contributed by atoms with Crippen molar-refractivity contribution in [1.82, 2.24) is 34.5 Å². The number of hydrogen-bond acceptors (Lipinski definition) is 9. The zero-order chi connectivity index (χ0) is 27.2. The third-order valence-electron chi connectivity index (χ3n) is 8.61. The molecule has 0 atom stereocenters. The maximum absolute atomic E-state index is 6.40. The van der Waals surface area contributed by atoms with Crippen LogP contribution < -0.4 is 11.1 Å². The van der Waals surface area contributed by atoms with Gasteiger partial charge in [0.15, 0.2) is 11.2 Å². The van der Waals surface area contributed by atoms with Crippen molar-refractivity contribution in [2.24, 2.45) is 0 Å². The van der Waals surface area contributed by atoms with Gasteiger partial charge in [0.05, 0.1) is 11.4 Å². The highest BCUT2D eigenvalue weighted by molar-refractivity contribution is 5.98. The lowest BCUT2D eigenvalue weighted by Gasteiger charge is -2.41. The number of nitrogens with zero attached hydrogens (tertiary/aromatic N) is 7. The van der Waals surface area contributed by atoms with Crippen LogP contribution in [0.4, 0.5) is 17.5 Å². The van der Waals surface area contributed by atoms with Gasteiger partial charge in [0, 0.05) is 43.5 Å². The van der Waals surface area contributed by atoms with Crippen molar-refractivity contribution < 1.29 is 4.42 Å². The first-order chi connectivity index (χ1) is 19.5. The molecule has 4 heterocycles. The first-order valence-corrected chi connectivity index (χ1v) is 14.2. The molecule has 2 aromatic carbocycles. The van der Waals surface area contributed by atoms with E-state index in [2.05, 4.69) is 41.8 Å². The van der Waals surface area contributed by atoms with E-state index in [9.17, 15) is 0 Å². The molecule has 10 nitrogen and oxygen atoms in total. The second kappa shape index (κ2) is 10.2. The van der Waals surface area contributed by atoms with E-state index in [1.807, 2.05) is 49.4 Å². The number of fused-ring (bicyclic) bond motifs is 2. The number of para-hydroxylation sites is 1. The van der Waals surface area contributed by atoms with Gasteiger partial charge in [0.2, 0.25) is 0 Å². The second-order valence-corrected chi connectivity index (χ2v) is 11.2. The molecule has 0 unspecified atom stereocenters. The minimum Gasteiger partial charge on any atom is -0.423 e. The molecular formula is C30H35N9O. The van der Waals surface area contributed by atoms with E-state index in [-0.39, 0.29) is 0 Å². The van der Waals surface area contributed by atoms with Crippen molar-refractivity contribution in [2.75, 3.05) is 44.3 Å². The van der Waals surface area contributed by atoms with Gasteiger partial charge in [-0.25, -0.2) is 14.6 Å². The number of aryl methyl sites for hydroxylation is 1. The monoisotopic (exact) mass is 537 g/mol. The van der Waals surface area contributed by atoms with Crippen LogP contribution >= 0.6 is 0 Å². The zero-order valence-corrected chi connectivity index (χ0v) is 23.0. The van der Waals surface area contributed by atoms with Gasteiger partial charge in [-0.3, -0.25) is 4.90 Å². The maximum Gasteiger partial charge on any atom is 0.300 e. The van der Waals surface area contributed by atoms with Gasteiger partial charge < -0.3 is 20.4 Å². The second-order valence-electron chi connectivity index (χ2n) is 11.2. The largest absolute Gasteiger partial charge is 0.423 e. The molecule has 10 heteroatoms. The Morgan fingerprint density at radius 1 is 0.925 bits per heavy atom. The number of anilines is 3. The number of aromatic nitrogens is 5. The van der Waals surface area contributed by atoms with Crippen LogP contribution in [0.25, 0.3) is 33.4 Å². The number of benzene rings is 2. The summed E-state index contributed by atoms with van der Waals surface area (Å²) in [7, 11) is 2.21. The van der Waals surface area contributed by atoms with Gasteiger partial charge in [0.1, 0.15) is 23.4 Å². The van der Waals surface area contributed by atoms with Crippen LogP contribution in [0.5, 0.6) is 0 Å². The molecule has 0 spiro atoms. The molecular weight excluding hydrogens is 502 g/mol. The van der Waals surface area contributed by atoms with Crippen molar-refractivity contribution in [1.29, 1.82) is 0 Å². The molecule has 1 saturated heterocycles. The van der Waals surface area contributed by atoms with E-state index < -0.39 is 0 Å². The number of nitrogens with one attached hydrogen (secondary N) is 1. The molecule has 206 valence electrons. The van der Waals surface area contributed by atoms with Crippen LogP contribution in [0.2, 0.25) is 0 Å². The zero-order valence-electron chi connectivity index (χ0n) is 23.0.